The number of hydrogen-bond donors (Lipinski definition) is 1. The first-order valence-corrected chi connectivity index (χ1v) is 13.6. The van der Waals surface area contributed by atoms with Crippen LogP contribution in [0, 0.1) is 0 Å². The summed E-state index contributed by atoms with van der Waals surface area (Å²) in [6, 6.07) is 11.3. The summed E-state index contributed by atoms with van der Waals surface area (Å²) >= 11 is 9.32. The first kappa shape index (κ1) is 28.1. The molecule has 0 saturated heterocycles. The third-order valence-electron chi connectivity index (χ3n) is 4.92. The zero-order valence-electron chi connectivity index (χ0n) is 20.0. The molecule has 3 aromatic rings. The van der Waals surface area contributed by atoms with E-state index in [1.807, 2.05) is 0 Å². The first-order valence-electron chi connectivity index (χ1n) is 11.0. The highest BCUT2D eigenvalue weighted by molar-refractivity contribution is 9.10. The van der Waals surface area contributed by atoms with Gasteiger partial charge in [-0.2, -0.15) is 0 Å². The number of carbonyl (C=O) groups is 1. The van der Waals surface area contributed by atoms with Gasteiger partial charge in [-0.25, -0.2) is 13.2 Å². The minimum Gasteiger partial charge on any atom is -0.491 e. The van der Waals surface area contributed by atoms with Crippen molar-refractivity contribution in [1.29, 1.82) is 0 Å². The van der Waals surface area contributed by atoms with E-state index >= 15 is 0 Å². The number of pyridine rings is 1. The molecule has 1 aromatic heterocycles. The molecule has 1 amide bonds. The third-order valence-corrected chi connectivity index (χ3v) is 7.43. The number of halogens is 2. The number of aromatic nitrogens is 1. The van der Waals surface area contributed by atoms with Crippen molar-refractivity contribution in [3.63, 3.8) is 0 Å². The lowest BCUT2D eigenvalue weighted by Crippen LogP contribution is -2.43. The summed E-state index contributed by atoms with van der Waals surface area (Å²) in [5.41, 5.74) is -0.767. The molecule has 1 N–H and O–H groups in total. The van der Waals surface area contributed by atoms with Crippen LogP contribution < -0.4 is 4.74 Å². The number of benzene rings is 2. The first-order chi connectivity index (χ1) is 16.9. The number of sulfonamides is 1. The van der Waals surface area contributed by atoms with E-state index in [0.717, 1.165) is 0 Å². The van der Waals surface area contributed by atoms with Crippen LogP contribution in [0.1, 0.15) is 20.8 Å². The normalized spacial score (nSPS) is 12.1. The van der Waals surface area contributed by atoms with Crippen LogP contribution in [0.15, 0.2) is 64.2 Å². The van der Waals surface area contributed by atoms with Crippen LogP contribution in [-0.4, -0.2) is 65.9 Å². The van der Waals surface area contributed by atoms with Crippen molar-refractivity contribution in [3.8, 4) is 5.75 Å². The quantitative estimate of drug-likeness (QED) is 0.330. The zero-order chi connectivity index (χ0) is 26.5. The van der Waals surface area contributed by atoms with Crippen molar-refractivity contribution in [2.24, 2.45) is 0 Å². The van der Waals surface area contributed by atoms with Crippen LogP contribution in [0.5, 0.6) is 5.75 Å². The summed E-state index contributed by atoms with van der Waals surface area (Å²) in [4.78, 5) is 18.0. The summed E-state index contributed by atoms with van der Waals surface area (Å²) in [6.45, 7) is 4.83. The van der Waals surface area contributed by atoms with Crippen molar-refractivity contribution in [3.05, 3.63) is 64.4 Å². The summed E-state index contributed by atoms with van der Waals surface area (Å²) in [7, 11) is -4.26. The Hall–Kier alpha value is -2.44. The van der Waals surface area contributed by atoms with Crippen LogP contribution in [0.2, 0.25) is 5.02 Å². The minimum absolute atomic E-state index is 0.0651. The number of amides is 1. The molecule has 1 heterocycles. The molecule has 0 unspecified atom stereocenters. The predicted molar refractivity (Wildman–Crippen MR) is 140 cm³/mol. The number of rotatable bonds is 9. The van der Waals surface area contributed by atoms with Gasteiger partial charge in [0.05, 0.1) is 22.5 Å². The zero-order valence-corrected chi connectivity index (χ0v) is 23.2. The minimum atomic E-state index is -4.26. The Morgan fingerprint density at radius 1 is 1.14 bits per heavy atom. The van der Waals surface area contributed by atoms with E-state index in [1.165, 1.54) is 17.2 Å². The molecule has 0 fully saturated rings. The lowest BCUT2D eigenvalue weighted by atomic mass is 10.2. The SMILES string of the molecule is CC(C)(C)OC(=O)N(CCOc1ccc(Cl)cc1Br)CCN(O)S(=O)(=O)c1cccc2cnccc12. The molecule has 0 radical (unpaired) electrons. The van der Waals surface area contributed by atoms with Crippen LogP contribution in [0.4, 0.5) is 4.79 Å². The molecule has 194 valence electrons. The second-order valence-corrected chi connectivity index (χ2v) is 11.9. The van der Waals surface area contributed by atoms with Gasteiger partial charge >= 0.3 is 6.09 Å². The topological polar surface area (TPSA) is 109 Å². The summed E-state index contributed by atoms with van der Waals surface area (Å²) in [5.74, 6) is 0.528. The largest absolute Gasteiger partial charge is 0.491 e. The number of ether oxygens (including phenoxy) is 2. The Labute approximate surface area is 223 Å². The Morgan fingerprint density at radius 2 is 1.89 bits per heavy atom. The van der Waals surface area contributed by atoms with E-state index in [0.29, 0.717) is 26.0 Å². The average Bonchev–Trinajstić information content (AvgIpc) is 2.80. The van der Waals surface area contributed by atoms with Crippen LogP contribution in [0.25, 0.3) is 10.8 Å². The number of nitrogens with zero attached hydrogens (tertiary/aromatic N) is 3. The van der Waals surface area contributed by atoms with E-state index in [2.05, 4.69) is 20.9 Å². The summed E-state index contributed by atoms with van der Waals surface area (Å²) in [6.07, 6.45) is 2.36. The van der Waals surface area contributed by atoms with Gasteiger partial charge in [-0.1, -0.05) is 28.2 Å². The Kier molecular flexibility index (Phi) is 9.18. The fraction of sp³-hybridized carbons (Fsp3) is 0.333. The lowest BCUT2D eigenvalue weighted by molar-refractivity contribution is -0.0125. The van der Waals surface area contributed by atoms with Gasteiger partial charge in [0.25, 0.3) is 10.0 Å². The van der Waals surface area contributed by atoms with Crippen molar-refractivity contribution in [2.75, 3.05) is 26.2 Å². The fourth-order valence-corrected chi connectivity index (χ4v) is 5.30. The van der Waals surface area contributed by atoms with E-state index < -0.39 is 21.7 Å². The molecule has 0 aliphatic heterocycles. The second-order valence-electron chi connectivity index (χ2n) is 8.79. The molecule has 0 atom stereocenters. The number of carbonyl (C=O) groups excluding carboxylic acids is 1. The van der Waals surface area contributed by atoms with E-state index in [1.54, 1.807) is 63.4 Å². The Balaban J connectivity index is 1.72. The Morgan fingerprint density at radius 3 is 2.58 bits per heavy atom. The second kappa shape index (κ2) is 11.7. The van der Waals surface area contributed by atoms with Crippen molar-refractivity contribution in [2.45, 2.75) is 31.3 Å². The molecule has 0 saturated carbocycles. The van der Waals surface area contributed by atoms with Crippen molar-refractivity contribution >= 4 is 54.4 Å². The third kappa shape index (κ3) is 7.30. The van der Waals surface area contributed by atoms with Gasteiger partial charge in [0.15, 0.2) is 0 Å². The molecule has 0 aliphatic carbocycles. The van der Waals surface area contributed by atoms with Gasteiger partial charge in [-0.3, -0.25) is 10.2 Å². The van der Waals surface area contributed by atoms with Crippen LogP contribution >= 0.6 is 27.5 Å². The lowest BCUT2D eigenvalue weighted by Gasteiger charge is -2.28. The standard InChI is InChI=1S/C24H27BrClN3O6S/c1-24(2,3)35-23(30)28(13-14-34-21-8-7-18(26)15-20(21)25)11-12-29(31)36(32,33)22-6-4-5-17-16-27-10-9-19(17)22/h4-10,15-16,31H,11-14H2,1-3H3. The number of fused-ring (bicyclic) bond motifs is 1. The molecule has 0 bridgehead atoms. The van der Waals surface area contributed by atoms with Crippen molar-refractivity contribution in [1.82, 2.24) is 14.4 Å². The molecular formula is C24H27BrClN3O6S. The maximum absolute atomic E-state index is 13.1. The molecule has 2 aromatic carbocycles. The molecular weight excluding hydrogens is 574 g/mol. The fourth-order valence-electron chi connectivity index (χ4n) is 3.24. The van der Waals surface area contributed by atoms with Gasteiger partial charge < -0.3 is 14.4 Å². The highest BCUT2D eigenvalue weighted by atomic mass is 79.9. The highest BCUT2D eigenvalue weighted by Gasteiger charge is 2.28. The average molecular weight is 601 g/mol. The predicted octanol–water partition coefficient (Wildman–Crippen LogP) is 5.35. The van der Waals surface area contributed by atoms with Gasteiger partial charge in [0.2, 0.25) is 0 Å². The maximum Gasteiger partial charge on any atom is 0.410 e. The van der Waals surface area contributed by atoms with Crippen LogP contribution in [0.3, 0.4) is 0 Å². The summed E-state index contributed by atoms with van der Waals surface area (Å²) in [5, 5.41) is 12.1. The molecule has 0 spiro atoms. The molecule has 12 heteroatoms. The molecule has 36 heavy (non-hydrogen) atoms. The summed E-state index contributed by atoms with van der Waals surface area (Å²) < 4.78 is 38.3. The maximum atomic E-state index is 13.1. The van der Waals surface area contributed by atoms with Gasteiger partial charge in [0, 0.05) is 34.7 Å². The molecule has 0 aliphatic rings. The van der Waals surface area contributed by atoms with E-state index in [9.17, 15) is 18.4 Å². The van der Waals surface area contributed by atoms with Crippen molar-refractivity contribution < 1.29 is 27.9 Å². The molecule has 9 nitrogen and oxygen atoms in total. The van der Waals surface area contributed by atoms with E-state index in [4.69, 9.17) is 21.1 Å². The van der Waals surface area contributed by atoms with Gasteiger partial charge in [0.1, 0.15) is 18.0 Å². The number of hydrogen-bond acceptors (Lipinski definition) is 7. The highest BCUT2D eigenvalue weighted by Crippen LogP contribution is 2.28. The number of hydroxylamine groups is 1. The smallest absolute Gasteiger partial charge is 0.410 e. The van der Waals surface area contributed by atoms with Crippen LogP contribution in [-0.2, 0) is 14.8 Å². The van der Waals surface area contributed by atoms with Gasteiger partial charge in [-0.05, 0) is 67.0 Å². The monoisotopic (exact) mass is 599 g/mol. The van der Waals surface area contributed by atoms with E-state index in [-0.39, 0.29) is 35.6 Å². The Bertz CT molecular complexity index is 1330. The van der Waals surface area contributed by atoms with Gasteiger partial charge in [-0.15, -0.1) is 0 Å². The molecule has 3 rings (SSSR count).